The van der Waals surface area contributed by atoms with Crippen molar-refractivity contribution in [2.24, 2.45) is 10.7 Å². The lowest BCUT2D eigenvalue weighted by Gasteiger charge is -2.24. The van der Waals surface area contributed by atoms with E-state index in [0.29, 0.717) is 23.4 Å². The molecule has 1 heterocycles. The van der Waals surface area contributed by atoms with Crippen LogP contribution in [0.1, 0.15) is 27.2 Å². The molecule has 1 aliphatic heterocycles. The Bertz CT molecular complexity index is 723. The summed E-state index contributed by atoms with van der Waals surface area (Å²) in [6.45, 7) is 6.72. The molecule has 2 unspecified atom stereocenters. The van der Waals surface area contributed by atoms with E-state index in [1.807, 2.05) is 45.0 Å². The van der Waals surface area contributed by atoms with Crippen LogP contribution in [0.2, 0.25) is 0 Å². The van der Waals surface area contributed by atoms with Gasteiger partial charge in [-0.2, -0.15) is 4.99 Å². The first kappa shape index (κ1) is 22.7. The maximum Gasteiger partial charge on any atom is 0.410 e. The van der Waals surface area contributed by atoms with Gasteiger partial charge >= 0.3 is 6.09 Å². The van der Waals surface area contributed by atoms with Crippen molar-refractivity contribution in [2.45, 2.75) is 38.9 Å². The van der Waals surface area contributed by atoms with Gasteiger partial charge in [0.25, 0.3) is 0 Å². The highest BCUT2D eigenvalue weighted by atomic mass is 32.2. The van der Waals surface area contributed by atoms with Gasteiger partial charge in [-0.05, 0) is 57.3 Å². The number of thiocarbonyl (C=S) groups is 1. The molecule has 3 N–H and O–H groups in total. The Hall–Kier alpha value is -1.57. The summed E-state index contributed by atoms with van der Waals surface area (Å²) >= 11 is 6.57. The zero-order valence-corrected chi connectivity index (χ0v) is 19.1. The number of ether oxygens (including phenoxy) is 2. The number of amides is 1. The van der Waals surface area contributed by atoms with Gasteiger partial charge in [0.1, 0.15) is 17.5 Å². The quantitative estimate of drug-likeness (QED) is 0.318. The molecule has 1 saturated heterocycles. The molecule has 1 aliphatic rings. The largest absolute Gasteiger partial charge is 0.489 e. The number of hydrogen-bond donors (Lipinski definition) is 2. The maximum atomic E-state index is 12.1. The van der Waals surface area contributed by atoms with E-state index in [9.17, 15) is 4.79 Å². The third-order valence-corrected chi connectivity index (χ3v) is 4.90. The van der Waals surface area contributed by atoms with Crippen LogP contribution in [0.5, 0.6) is 5.75 Å². The summed E-state index contributed by atoms with van der Waals surface area (Å²) in [6, 6.07) is 7.42. The fraction of sp³-hybridized carbons (Fsp3) is 0.500. The Morgan fingerprint density at radius 2 is 2.11 bits per heavy atom. The number of benzene rings is 1. The Labute approximate surface area is 178 Å². The van der Waals surface area contributed by atoms with E-state index >= 15 is 0 Å². The molecule has 0 saturated carbocycles. The van der Waals surface area contributed by atoms with Crippen LogP contribution in [-0.4, -0.2) is 51.6 Å². The molecular formula is C18H27N4O3PS2. The van der Waals surface area contributed by atoms with Crippen LogP contribution in [0.15, 0.2) is 29.3 Å². The molecular weight excluding hydrogens is 415 g/mol. The fourth-order valence-corrected chi connectivity index (χ4v) is 3.61. The minimum atomic E-state index is -0.498. The number of rotatable bonds is 4. The molecule has 0 spiro atoms. The van der Waals surface area contributed by atoms with Gasteiger partial charge in [-0.3, -0.25) is 0 Å². The predicted molar refractivity (Wildman–Crippen MR) is 123 cm³/mol. The third-order valence-electron chi connectivity index (χ3n) is 3.65. The van der Waals surface area contributed by atoms with Crippen LogP contribution in [0.4, 0.5) is 10.5 Å². The lowest BCUT2D eigenvalue weighted by Crippen LogP contribution is -2.36. The number of carbonyl (C=O) groups is 1. The van der Waals surface area contributed by atoms with Crippen molar-refractivity contribution in [3.63, 3.8) is 0 Å². The summed E-state index contributed by atoms with van der Waals surface area (Å²) in [5, 5.41) is 3.74. The second-order valence-electron chi connectivity index (χ2n) is 7.17. The number of nitrogens with one attached hydrogen (secondary N) is 1. The van der Waals surface area contributed by atoms with Crippen molar-refractivity contribution in [3.8, 4) is 5.75 Å². The number of hydrogen-bond acceptors (Lipinski definition) is 5. The molecule has 2 rings (SSSR count). The Morgan fingerprint density at radius 3 is 2.71 bits per heavy atom. The van der Waals surface area contributed by atoms with Crippen LogP contribution in [0, 0.1) is 0 Å². The van der Waals surface area contributed by atoms with Gasteiger partial charge in [-0.25, -0.2) is 4.79 Å². The van der Waals surface area contributed by atoms with E-state index in [0.717, 1.165) is 23.4 Å². The van der Waals surface area contributed by atoms with Crippen LogP contribution in [0.25, 0.3) is 0 Å². The fourth-order valence-electron chi connectivity index (χ4n) is 2.50. The first-order valence-electron chi connectivity index (χ1n) is 8.89. The number of nitrogens with zero attached hydrogens (tertiary/aromatic N) is 2. The van der Waals surface area contributed by atoms with Crippen molar-refractivity contribution in [1.82, 2.24) is 4.90 Å². The maximum absolute atomic E-state index is 12.1. The molecule has 28 heavy (non-hydrogen) atoms. The van der Waals surface area contributed by atoms with E-state index in [4.69, 9.17) is 27.4 Å². The number of amidine groups is 1. The smallest absolute Gasteiger partial charge is 0.410 e. The van der Waals surface area contributed by atoms with Gasteiger partial charge in [0, 0.05) is 24.1 Å². The normalized spacial score (nSPS) is 17.4. The molecule has 0 bridgehead atoms. The molecule has 2 atom stereocenters. The molecule has 154 valence electrons. The average molecular weight is 443 g/mol. The monoisotopic (exact) mass is 442 g/mol. The van der Waals surface area contributed by atoms with Crippen molar-refractivity contribution in [2.75, 3.05) is 23.9 Å². The van der Waals surface area contributed by atoms with E-state index in [1.165, 1.54) is 11.8 Å². The molecule has 7 nitrogen and oxygen atoms in total. The second-order valence-corrected chi connectivity index (χ2v) is 9.60. The number of thioether (sulfide) groups is 1. The highest BCUT2D eigenvalue weighted by molar-refractivity contribution is 8.16. The van der Waals surface area contributed by atoms with E-state index < -0.39 is 5.60 Å². The average Bonchev–Trinajstić information content (AvgIpc) is 3.04. The standard InChI is InChI=1S/C18H27N4O3PS2/c1-18(2,3)25-17(23)22-9-8-14(10-22)24-13-6-4-12(5-7-13)20-16(27)21-15(19)28-11-26/h4-7,14H,8-11,26H2,1-3H3,(H3,19,20,21,27). The number of aliphatic imine (C=N–C) groups is 1. The van der Waals surface area contributed by atoms with E-state index in [2.05, 4.69) is 19.5 Å². The summed E-state index contributed by atoms with van der Waals surface area (Å²) in [4.78, 5) is 17.9. The van der Waals surface area contributed by atoms with Gasteiger partial charge in [-0.1, -0.05) is 11.8 Å². The third kappa shape index (κ3) is 7.81. The van der Waals surface area contributed by atoms with Gasteiger partial charge in [0.05, 0.1) is 6.54 Å². The molecule has 0 aliphatic carbocycles. The lowest BCUT2D eigenvalue weighted by molar-refractivity contribution is 0.0275. The zero-order valence-electron chi connectivity index (χ0n) is 16.3. The molecule has 0 aromatic heterocycles. The zero-order chi connectivity index (χ0) is 20.7. The van der Waals surface area contributed by atoms with Gasteiger partial charge in [-0.15, -0.1) is 9.24 Å². The number of carbonyl (C=O) groups excluding carboxylic acids is 1. The van der Waals surface area contributed by atoms with Gasteiger partial charge < -0.3 is 25.4 Å². The summed E-state index contributed by atoms with van der Waals surface area (Å²) in [5.74, 6) is 0.731. The number of likely N-dealkylation sites (tertiary alicyclic amines) is 1. The molecule has 1 aromatic rings. The second kappa shape index (κ2) is 10.3. The molecule has 0 radical (unpaired) electrons. The van der Waals surface area contributed by atoms with Crippen molar-refractivity contribution < 1.29 is 14.3 Å². The summed E-state index contributed by atoms with van der Waals surface area (Å²) in [7, 11) is 2.56. The lowest BCUT2D eigenvalue weighted by atomic mass is 10.2. The number of nitrogens with two attached hydrogens (primary N) is 1. The van der Waals surface area contributed by atoms with E-state index in [1.54, 1.807) is 4.90 Å². The first-order chi connectivity index (χ1) is 13.2. The van der Waals surface area contributed by atoms with Crippen LogP contribution < -0.4 is 15.8 Å². The molecule has 1 fully saturated rings. The topological polar surface area (TPSA) is 89.2 Å². The molecule has 10 heteroatoms. The SMILES string of the molecule is CC(C)(C)OC(=O)N1CCC(Oc2ccc(NC(=S)N=C(N)SCP)cc2)C1. The minimum absolute atomic E-state index is 0.0549. The van der Waals surface area contributed by atoms with Crippen LogP contribution in [-0.2, 0) is 4.74 Å². The molecule has 1 amide bonds. The highest BCUT2D eigenvalue weighted by Gasteiger charge is 2.30. The highest BCUT2D eigenvalue weighted by Crippen LogP contribution is 2.22. The Kier molecular flexibility index (Phi) is 8.34. The van der Waals surface area contributed by atoms with Gasteiger partial charge in [0.15, 0.2) is 10.3 Å². The van der Waals surface area contributed by atoms with Crippen molar-refractivity contribution >= 4 is 55.3 Å². The predicted octanol–water partition coefficient (Wildman–Crippen LogP) is 3.65. The van der Waals surface area contributed by atoms with Crippen LogP contribution >= 0.6 is 33.2 Å². The Morgan fingerprint density at radius 1 is 1.43 bits per heavy atom. The van der Waals surface area contributed by atoms with Crippen molar-refractivity contribution in [3.05, 3.63) is 24.3 Å². The number of anilines is 1. The molecule has 1 aromatic carbocycles. The Balaban J connectivity index is 1.84. The van der Waals surface area contributed by atoms with Crippen LogP contribution in [0.3, 0.4) is 0 Å². The summed E-state index contributed by atoms with van der Waals surface area (Å²) in [6.07, 6.45) is 0.414. The van der Waals surface area contributed by atoms with Crippen molar-refractivity contribution in [1.29, 1.82) is 0 Å². The summed E-state index contributed by atoms with van der Waals surface area (Å²) < 4.78 is 11.4. The summed E-state index contributed by atoms with van der Waals surface area (Å²) in [5.41, 5.74) is 6.80. The van der Waals surface area contributed by atoms with Gasteiger partial charge in [0.2, 0.25) is 0 Å². The minimum Gasteiger partial charge on any atom is -0.489 e. The van der Waals surface area contributed by atoms with E-state index in [-0.39, 0.29) is 12.2 Å². The first-order valence-corrected chi connectivity index (χ1v) is 11.1.